The Morgan fingerprint density at radius 3 is 0.812 bits per heavy atom. The number of carboxylic acids is 1. The van der Waals surface area contributed by atoms with Gasteiger partial charge in [-0.15, -0.1) is 20.5 Å². The molecule has 4 aromatic rings. The van der Waals surface area contributed by atoms with E-state index >= 15 is 0 Å². The first-order valence-corrected chi connectivity index (χ1v) is 18.9. The number of rotatable bonds is 12. The number of hydrogen-bond acceptors (Lipinski definition) is 21. The minimum absolute atomic E-state index is 0. The van der Waals surface area contributed by atoms with Gasteiger partial charge >= 0.3 is 34.1 Å². The average molecular weight is 1020 g/mol. The molecule has 0 aliphatic carbocycles. The molecule has 1 radical (unpaired) electrons. The van der Waals surface area contributed by atoms with Crippen LogP contribution in [-0.2, 0) is 80.2 Å². The summed E-state index contributed by atoms with van der Waals surface area (Å²) in [5.74, 6) is -1.79. The summed E-state index contributed by atoms with van der Waals surface area (Å²) < 4.78 is 67.9. The number of primary amides is 2. The molecule has 4 N–H and O–H groups in total. The van der Waals surface area contributed by atoms with Gasteiger partial charge in [0.1, 0.15) is 0 Å². The summed E-state index contributed by atoms with van der Waals surface area (Å²) in [4.78, 5) is 52.0. The zero-order chi connectivity index (χ0) is 47.7. The van der Waals surface area contributed by atoms with E-state index in [4.69, 9.17) is 74.4 Å². The predicted molar refractivity (Wildman–Crippen MR) is 189 cm³/mol. The number of nitrogens with two attached hydrogens (primary N) is 2. The number of amides is 2. The third-order valence-electron chi connectivity index (χ3n) is 5.21. The number of aliphatic carboxylic acids is 1. The zero-order valence-corrected chi connectivity index (χ0v) is 38.2. The van der Waals surface area contributed by atoms with Gasteiger partial charge in [0.25, 0.3) is 0 Å². The second-order valence-corrected chi connectivity index (χ2v) is 11.9. The summed E-state index contributed by atoms with van der Waals surface area (Å²) in [6.45, 7) is 7.92. The van der Waals surface area contributed by atoms with Crippen LogP contribution >= 0.6 is 0 Å². The van der Waals surface area contributed by atoms with Crippen molar-refractivity contribution in [1.82, 2.24) is 29.7 Å². The van der Waals surface area contributed by atoms with Crippen LogP contribution in [0.2, 0.25) is 0 Å². The molecule has 0 bridgehead atoms. The minimum atomic E-state index is -4.94. The maximum absolute atomic E-state index is 11.1. The van der Waals surface area contributed by atoms with Crippen LogP contribution in [-0.4, -0.2) is 60.6 Å². The van der Waals surface area contributed by atoms with Gasteiger partial charge in [-0.1, -0.05) is 24.3 Å². The third-order valence-corrected chi connectivity index (χ3v) is 5.21. The molecular formula is C36H44Cl2Fe2N11O13. The second kappa shape index (κ2) is 47.1. The fraction of sp³-hybridized carbons (Fsp3) is 0.278. The second-order valence-electron chi connectivity index (χ2n) is 10.4. The van der Waals surface area contributed by atoms with E-state index in [0.717, 1.165) is 29.7 Å². The maximum atomic E-state index is 11.1. The topological polar surface area (TPSA) is 469 Å². The molecule has 24 nitrogen and oxygen atoms in total. The summed E-state index contributed by atoms with van der Waals surface area (Å²) in [6.07, 6.45) is 6.94. The number of aromatic nitrogens is 4. The Labute approximate surface area is 395 Å². The number of nitrogens with zero attached hydrogens (tertiary/aromatic N) is 9. The maximum Gasteiger partial charge on any atom is 3.00 e. The van der Waals surface area contributed by atoms with Crippen molar-refractivity contribution in [3.8, 4) is 18.2 Å². The molecule has 64 heavy (non-hydrogen) atoms. The van der Waals surface area contributed by atoms with Gasteiger partial charge in [-0.3, -0.25) is 39.3 Å². The van der Waals surface area contributed by atoms with Crippen molar-refractivity contribution >= 4 is 17.8 Å². The predicted octanol–water partition coefficient (Wildman–Crippen LogP) is -7.36. The molecule has 0 unspecified atom stereocenters. The quantitative estimate of drug-likeness (QED) is 0.124. The summed E-state index contributed by atoms with van der Waals surface area (Å²) in [7, 11) is -9.89. The number of carbonyl (C=O) groups excluding carboxylic acids is 3. The molecule has 0 spiro atoms. The first kappa shape index (κ1) is 73.1. The van der Waals surface area contributed by atoms with Crippen LogP contribution in [0.15, 0.2) is 97.6 Å². The Kier molecular flexibility index (Phi) is 53.8. The van der Waals surface area contributed by atoms with Crippen molar-refractivity contribution in [1.29, 1.82) is 15.8 Å². The molecule has 0 saturated heterocycles. The van der Waals surface area contributed by atoms with E-state index in [1.165, 1.54) is 20.8 Å². The van der Waals surface area contributed by atoms with Crippen molar-refractivity contribution in [2.45, 2.75) is 53.9 Å². The van der Waals surface area contributed by atoms with E-state index in [1.807, 2.05) is 82.6 Å². The van der Waals surface area contributed by atoms with Crippen molar-refractivity contribution < 1.29 is 117 Å². The summed E-state index contributed by atoms with van der Waals surface area (Å²) in [6, 6.07) is 28.1. The van der Waals surface area contributed by atoms with E-state index in [0.29, 0.717) is 26.2 Å². The molecule has 351 valence electrons. The van der Waals surface area contributed by atoms with Gasteiger partial charge in [-0.2, -0.15) is 15.8 Å². The number of halogens is 2. The van der Waals surface area contributed by atoms with E-state index in [9.17, 15) is 9.59 Å². The Balaban J connectivity index is -0.000000134. The van der Waals surface area contributed by atoms with Gasteiger partial charge in [-0.25, -0.2) is 37.3 Å². The smallest absolute Gasteiger partial charge is 2.00 e. The van der Waals surface area contributed by atoms with Gasteiger partial charge in [0.2, 0.25) is 11.8 Å². The van der Waals surface area contributed by atoms with Gasteiger partial charge in [0.05, 0.1) is 54.1 Å². The monoisotopic (exact) mass is 1020 g/mol. The summed E-state index contributed by atoms with van der Waals surface area (Å²) in [5.41, 5.74) is 14.2. The third kappa shape index (κ3) is 68.4. The SMILES string of the molecule is CC#N.CC#N.CC#N.CC(=O)[O-].NC(=O)CN(Cc1ccccn1)Cc1ccccn1.NC(=O)CN(Cc1ccccn1)Cc1ccccn1.[Fe+2].[Fe+3].[O-2].[O-][Cl+3]([O-])([O-])[O-].[O-][Cl+3]([O-])([O-])[O-]. The van der Waals surface area contributed by atoms with Crippen LogP contribution in [0.5, 0.6) is 0 Å². The van der Waals surface area contributed by atoms with Crippen LogP contribution in [0.4, 0.5) is 0 Å². The molecule has 4 rings (SSSR count). The van der Waals surface area contributed by atoms with Crippen molar-refractivity contribution in [3.63, 3.8) is 0 Å². The fourth-order valence-electron chi connectivity index (χ4n) is 3.66. The van der Waals surface area contributed by atoms with E-state index in [2.05, 4.69) is 19.9 Å². The largest absolute Gasteiger partial charge is 3.00 e. The number of nitriles is 3. The Morgan fingerprint density at radius 1 is 0.547 bits per heavy atom. The standard InChI is InChI=1S/2C14H16N4O.3C2H3N.C2H4O2.2ClHO4.2Fe.O/c2*15-14(19)11-18(9-12-5-1-3-7-16-12)10-13-6-2-4-8-17-13;3*1-2-3;1-2(3)4;2*2-1(3,4)5;;;/h2*1-8H,9-11H2,(H2,15,19);3*1H3;1H3,(H,3,4);2*(H,2,3,4,5);;;/q;;;;;;;;+2;+3;-2/p-3. The van der Waals surface area contributed by atoms with Crippen molar-refractivity contribution in [2.24, 2.45) is 11.5 Å². The minimum Gasteiger partial charge on any atom is -2.00 e. The van der Waals surface area contributed by atoms with Gasteiger partial charge < -0.3 is 26.8 Å². The van der Waals surface area contributed by atoms with E-state index in [-0.39, 0.29) is 64.5 Å². The Hall–Kier alpha value is -5.34. The van der Waals surface area contributed by atoms with Gasteiger partial charge in [0.15, 0.2) is 0 Å². The molecule has 4 aromatic heterocycles. The molecule has 0 saturated carbocycles. The number of carbonyl (C=O) groups is 3. The summed E-state index contributed by atoms with van der Waals surface area (Å²) in [5, 5.41) is 30.8. The molecule has 28 heteroatoms. The van der Waals surface area contributed by atoms with Crippen LogP contribution in [0.3, 0.4) is 0 Å². The van der Waals surface area contributed by atoms with Crippen LogP contribution in [0.1, 0.15) is 50.5 Å². The van der Waals surface area contributed by atoms with Crippen molar-refractivity contribution in [3.05, 3.63) is 120 Å². The number of carboxylic acid groups (broad SMARTS) is 1. The summed E-state index contributed by atoms with van der Waals surface area (Å²) >= 11 is 0. The van der Waals surface area contributed by atoms with Gasteiger partial charge in [-0.05, 0) is 55.5 Å². The van der Waals surface area contributed by atoms with E-state index in [1.54, 1.807) is 43.0 Å². The van der Waals surface area contributed by atoms with Gasteiger partial charge in [0, 0.05) is 77.7 Å². The average Bonchev–Trinajstić information content (AvgIpc) is 3.13. The van der Waals surface area contributed by atoms with Crippen molar-refractivity contribution in [2.75, 3.05) is 13.1 Å². The molecule has 0 fully saturated rings. The molecule has 2 amide bonds. The molecule has 4 heterocycles. The first-order valence-electron chi connectivity index (χ1n) is 16.4. The molecule has 0 aliphatic heterocycles. The first-order chi connectivity index (χ1) is 28.4. The normalized spacial score (nSPS) is 8.92. The van der Waals surface area contributed by atoms with E-state index < -0.39 is 26.5 Å². The molecule has 0 aliphatic rings. The van der Waals surface area contributed by atoms with Crippen LogP contribution < -0.4 is 53.8 Å². The number of pyridine rings is 4. The molecule has 0 atom stereocenters. The molecular weight excluding hydrogens is 977 g/mol. The number of hydrogen-bond donors (Lipinski definition) is 2. The Morgan fingerprint density at radius 2 is 0.703 bits per heavy atom. The zero-order valence-electron chi connectivity index (χ0n) is 34.4. The van der Waals surface area contributed by atoms with Crippen LogP contribution in [0.25, 0.3) is 0 Å². The fourth-order valence-corrected chi connectivity index (χ4v) is 3.66. The Bertz CT molecular complexity index is 1610. The molecule has 0 aromatic carbocycles. The van der Waals surface area contributed by atoms with Crippen LogP contribution in [0, 0.1) is 54.5 Å².